The van der Waals surface area contributed by atoms with Crippen LogP contribution in [0, 0.1) is 0 Å². The molecule has 4 rings (SSSR count). The molecular weight excluding hydrogens is 394 g/mol. The molecule has 0 saturated carbocycles. The minimum atomic E-state index is -0.00637. The first-order valence-electron chi connectivity index (χ1n) is 9.89. The molecule has 1 aliphatic rings. The van der Waals surface area contributed by atoms with E-state index in [1.165, 1.54) is 29.5 Å². The van der Waals surface area contributed by atoms with E-state index in [0.717, 1.165) is 37.7 Å². The van der Waals surface area contributed by atoms with E-state index in [9.17, 15) is 9.59 Å². The molecule has 0 spiro atoms. The van der Waals surface area contributed by atoms with Crippen LogP contribution in [0.2, 0.25) is 0 Å². The molecule has 0 aliphatic carbocycles. The van der Waals surface area contributed by atoms with Crippen molar-refractivity contribution in [1.29, 1.82) is 0 Å². The van der Waals surface area contributed by atoms with Crippen molar-refractivity contribution in [3.05, 3.63) is 21.8 Å². The van der Waals surface area contributed by atoms with Gasteiger partial charge in [0.2, 0.25) is 11.7 Å². The summed E-state index contributed by atoms with van der Waals surface area (Å²) in [6.07, 6.45) is 5.25. The number of nitrogens with zero attached hydrogens (tertiary/aromatic N) is 5. The quantitative estimate of drug-likeness (QED) is 0.573. The van der Waals surface area contributed by atoms with E-state index in [-0.39, 0.29) is 11.5 Å². The lowest BCUT2D eigenvalue weighted by atomic mass is 10.0. The third kappa shape index (κ3) is 3.45. The van der Waals surface area contributed by atoms with Gasteiger partial charge in [-0.1, -0.05) is 25.1 Å². The van der Waals surface area contributed by atoms with Gasteiger partial charge in [-0.3, -0.25) is 18.6 Å². The van der Waals surface area contributed by atoms with Gasteiger partial charge in [-0.2, -0.15) is 0 Å². The second kappa shape index (κ2) is 8.24. The van der Waals surface area contributed by atoms with E-state index in [1.807, 2.05) is 20.7 Å². The van der Waals surface area contributed by atoms with Crippen LogP contribution >= 0.6 is 23.1 Å². The molecule has 1 atom stereocenters. The number of thiophene rings is 1. The van der Waals surface area contributed by atoms with Gasteiger partial charge in [-0.15, -0.1) is 21.5 Å². The summed E-state index contributed by atoms with van der Waals surface area (Å²) in [4.78, 5) is 27.5. The molecule has 3 aromatic rings. The fourth-order valence-electron chi connectivity index (χ4n) is 3.79. The molecule has 1 aliphatic heterocycles. The molecular formula is C19H25N5O2S2. The molecule has 0 aromatic carbocycles. The number of hydrogen-bond donors (Lipinski definition) is 0. The summed E-state index contributed by atoms with van der Waals surface area (Å²) in [5.41, 5.74) is 0.817. The second-order valence-electron chi connectivity index (χ2n) is 7.28. The summed E-state index contributed by atoms with van der Waals surface area (Å²) >= 11 is 2.85. The maximum atomic E-state index is 12.9. The molecule has 0 N–H and O–H groups in total. The monoisotopic (exact) mass is 419 g/mol. The molecule has 0 bridgehead atoms. The summed E-state index contributed by atoms with van der Waals surface area (Å²) in [6.45, 7) is 5.69. The number of piperidine rings is 1. The van der Waals surface area contributed by atoms with E-state index >= 15 is 0 Å². The van der Waals surface area contributed by atoms with Gasteiger partial charge in [0.1, 0.15) is 4.70 Å². The van der Waals surface area contributed by atoms with Gasteiger partial charge < -0.3 is 4.90 Å². The number of likely N-dealkylation sites (tertiary alicyclic amines) is 1. The largest absolute Gasteiger partial charge is 0.339 e. The minimum Gasteiger partial charge on any atom is -0.339 e. The number of thioether (sulfide) groups is 1. The second-order valence-corrected chi connectivity index (χ2v) is 9.14. The highest BCUT2D eigenvalue weighted by atomic mass is 32.2. The number of aromatic nitrogens is 4. The Hall–Kier alpha value is -1.87. The number of amides is 1. The third-order valence-corrected chi connectivity index (χ3v) is 7.17. The van der Waals surface area contributed by atoms with Crippen LogP contribution in [0.1, 0.15) is 46.0 Å². The molecule has 28 heavy (non-hydrogen) atoms. The highest BCUT2D eigenvalue weighted by Crippen LogP contribution is 2.25. The van der Waals surface area contributed by atoms with Crippen LogP contribution in [0.3, 0.4) is 0 Å². The Morgan fingerprint density at radius 3 is 3.00 bits per heavy atom. The smallest absolute Gasteiger partial charge is 0.272 e. The van der Waals surface area contributed by atoms with E-state index < -0.39 is 0 Å². The minimum absolute atomic E-state index is 0.00637. The Balaban J connectivity index is 1.66. The Morgan fingerprint density at radius 1 is 1.36 bits per heavy atom. The van der Waals surface area contributed by atoms with Crippen molar-refractivity contribution in [2.45, 2.75) is 63.7 Å². The van der Waals surface area contributed by atoms with Crippen molar-refractivity contribution in [2.24, 2.45) is 0 Å². The van der Waals surface area contributed by atoms with Crippen molar-refractivity contribution < 1.29 is 4.79 Å². The fraction of sp³-hybridized carbons (Fsp3) is 0.579. The summed E-state index contributed by atoms with van der Waals surface area (Å²) in [7, 11) is 0. The number of carbonyl (C=O) groups is 1. The van der Waals surface area contributed by atoms with E-state index in [4.69, 9.17) is 0 Å². The van der Waals surface area contributed by atoms with Gasteiger partial charge in [0.15, 0.2) is 5.16 Å². The summed E-state index contributed by atoms with van der Waals surface area (Å²) < 4.78 is 4.36. The summed E-state index contributed by atoms with van der Waals surface area (Å²) in [5.74, 6) is 1.05. The van der Waals surface area contributed by atoms with Gasteiger partial charge >= 0.3 is 0 Å². The third-order valence-electron chi connectivity index (χ3n) is 5.37. The van der Waals surface area contributed by atoms with Crippen LogP contribution in [-0.2, 0) is 11.3 Å². The zero-order chi connectivity index (χ0) is 19.7. The van der Waals surface area contributed by atoms with E-state index in [0.29, 0.717) is 34.0 Å². The van der Waals surface area contributed by atoms with Crippen LogP contribution < -0.4 is 5.56 Å². The van der Waals surface area contributed by atoms with E-state index in [2.05, 4.69) is 24.0 Å². The highest BCUT2D eigenvalue weighted by molar-refractivity contribution is 7.99. The van der Waals surface area contributed by atoms with Crippen LogP contribution in [0.5, 0.6) is 0 Å². The molecule has 150 valence electrons. The van der Waals surface area contributed by atoms with Crippen molar-refractivity contribution in [2.75, 3.05) is 12.3 Å². The first-order chi connectivity index (χ1) is 13.6. The summed E-state index contributed by atoms with van der Waals surface area (Å²) in [5, 5.41) is 11.2. The SMILES string of the molecule is CCCCn1c(=O)c2sccc2n2c(SCC(=O)N3CCCC[C@H]3C)nnc12. The average molecular weight is 420 g/mol. The molecule has 1 saturated heterocycles. The molecule has 1 amide bonds. The lowest BCUT2D eigenvalue weighted by molar-refractivity contribution is -0.131. The van der Waals surface area contributed by atoms with Gasteiger partial charge in [0, 0.05) is 19.1 Å². The first kappa shape index (κ1) is 19.4. The maximum Gasteiger partial charge on any atom is 0.272 e. The van der Waals surface area contributed by atoms with Crippen LogP contribution in [-0.4, -0.2) is 48.3 Å². The average Bonchev–Trinajstić information content (AvgIpc) is 3.33. The number of rotatable bonds is 6. The van der Waals surface area contributed by atoms with Gasteiger partial charge in [-0.25, -0.2) is 0 Å². The number of fused-ring (bicyclic) bond motifs is 3. The first-order valence-corrected chi connectivity index (χ1v) is 11.8. The molecule has 7 nitrogen and oxygen atoms in total. The van der Waals surface area contributed by atoms with Crippen molar-refractivity contribution >= 4 is 45.0 Å². The molecule has 0 radical (unpaired) electrons. The Kier molecular flexibility index (Phi) is 5.73. The van der Waals surface area contributed by atoms with Crippen molar-refractivity contribution in [3.63, 3.8) is 0 Å². The molecule has 0 unspecified atom stereocenters. The summed E-state index contributed by atoms with van der Waals surface area (Å²) in [6, 6.07) is 2.24. The van der Waals surface area contributed by atoms with Crippen LogP contribution in [0.15, 0.2) is 21.4 Å². The molecule has 4 heterocycles. The van der Waals surface area contributed by atoms with Crippen LogP contribution in [0.4, 0.5) is 0 Å². The Bertz CT molecular complexity index is 1050. The van der Waals surface area contributed by atoms with E-state index in [1.54, 1.807) is 4.57 Å². The number of carbonyl (C=O) groups excluding carboxylic acids is 1. The molecule has 1 fully saturated rings. The lowest BCUT2D eigenvalue weighted by Crippen LogP contribution is -2.42. The van der Waals surface area contributed by atoms with Crippen molar-refractivity contribution in [3.8, 4) is 0 Å². The highest BCUT2D eigenvalue weighted by Gasteiger charge is 2.24. The maximum absolute atomic E-state index is 12.9. The number of hydrogen-bond acceptors (Lipinski definition) is 6. The van der Waals surface area contributed by atoms with Gasteiger partial charge in [0.05, 0.1) is 11.3 Å². The lowest BCUT2D eigenvalue weighted by Gasteiger charge is -2.33. The Morgan fingerprint density at radius 2 is 2.21 bits per heavy atom. The molecule has 9 heteroatoms. The number of unbranched alkanes of at least 4 members (excludes halogenated alkanes) is 1. The number of aryl methyl sites for hydroxylation is 1. The zero-order valence-electron chi connectivity index (χ0n) is 16.3. The standard InChI is InChI=1S/C19H25N5O2S2/c1-3-4-9-23-17(26)16-14(8-11-27-16)24-18(23)20-21-19(24)28-12-15(25)22-10-6-5-7-13(22)2/h8,11,13H,3-7,9-10,12H2,1-2H3/t13-/m1/s1. The normalized spacial score (nSPS) is 17.6. The van der Waals surface area contributed by atoms with Crippen LogP contribution in [0.25, 0.3) is 16.0 Å². The topological polar surface area (TPSA) is 72.5 Å². The van der Waals surface area contributed by atoms with Crippen molar-refractivity contribution in [1.82, 2.24) is 24.1 Å². The fourth-order valence-corrected chi connectivity index (χ4v) is 5.44. The Labute approximate surface area is 171 Å². The predicted octanol–water partition coefficient (Wildman–Crippen LogP) is 3.40. The van der Waals surface area contributed by atoms with Gasteiger partial charge in [0.25, 0.3) is 5.56 Å². The predicted molar refractivity (Wildman–Crippen MR) is 113 cm³/mol. The van der Waals surface area contributed by atoms with Gasteiger partial charge in [-0.05, 0) is 44.1 Å². The molecule has 3 aromatic heterocycles. The zero-order valence-corrected chi connectivity index (χ0v) is 17.9.